The smallest absolute Gasteiger partial charge is 0.337 e. The molecule has 1 saturated carbocycles. The molecule has 0 unspecified atom stereocenters. The van der Waals surface area contributed by atoms with Crippen LogP contribution >= 0.6 is 12.4 Å². The number of ether oxygens (including phenoxy) is 1. The number of hydrogen-bond donors (Lipinski definition) is 2. The fraction of sp³-hybridized carbons (Fsp3) is 0.462. The zero-order chi connectivity index (χ0) is 12.4. The standard InChI is InChI=1S/C13H17NO3.ClH/c1-17-13(16)10-4-2-3-9(7-10)11(14)12(15)8-5-6-8;/h2-4,7-8,11-12,15H,5-6,14H2,1H3;1H/t11-,12+;/m0./s1. The maximum Gasteiger partial charge on any atom is 0.337 e. The molecule has 1 aromatic carbocycles. The number of carbonyl (C=O) groups excluding carboxylic acids is 1. The summed E-state index contributed by atoms with van der Waals surface area (Å²) in [5.74, 6) is -0.0771. The van der Waals surface area contributed by atoms with E-state index in [9.17, 15) is 9.90 Å². The molecule has 0 saturated heterocycles. The molecule has 0 radical (unpaired) electrons. The molecule has 18 heavy (non-hydrogen) atoms. The Kier molecular flexibility index (Phi) is 5.14. The van der Waals surface area contributed by atoms with Crippen molar-refractivity contribution in [3.8, 4) is 0 Å². The number of hydrogen-bond acceptors (Lipinski definition) is 4. The Morgan fingerprint density at radius 3 is 2.72 bits per heavy atom. The quantitative estimate of drug-likeness (QED) is 0.817. The number of esters is 1. The lowest BCUT2D eigenvalue weighted by molar-refractivity contribution is 0.0600. The average molecular weight is 272 g/mol. The van der Waals surface area contributed by atoms with Gasteiger partial charge in [0.25, 0.3) is 0 Å². The van der Waals surface area contributed by atoms with E-state index in [1.807, 2.05) is 6.07 Å². The lowest BCUT2D eigenvalue weighted by Crippen LogP contribution is -2.28. The van der Waals surface area contributed by atoms with Gasteiger partial charge >= 0.3 is 5.97 Å². The van der Waals surface area contributed by atoms with Gasteiger partial charge in [-0.2, -0.15) is 0 Å². The lowest BCUT2D eigenvalue weighted by Gasteiger charge is -2.19. The van der Waals surface area contributed by atoms with Crippen molar-refractivity contribution in [2.24, 2.45) is 11.7 Å². The third-order valence-corrected chi connectivity index (χ3v) is 3.17. The number of aliphatic hydroxyl groups is 1. The van der Waals surface area contributed by atoms with E-state index in [0.717, 1.165) is 18.4 Å². The average Bonchev–Trinajstić information content (AvgIpc) is 3.20. The Morgan fingerprint density at radius 2 is 2.17 bits per heavy atom. The van der Waals surface area contributed by atoms with E-state index in [-0.39, 0.29) is 18.4 Å². The molecule has 4 nitrogen and oxygen atoms in total. The van der Waals surface area contributed by atoms with Crippen molar-refractivity contribution in [2.45, 2.75) is 25.0 Å². The summed E-state index contributed by atoms with van der Waals surface area (Å²) in [5.41, 5.74) is 7.22. The Labute approximate surface area is 113 Å². The van der Waals surface area contributed by atoms with Crippen molar-refractivity contribution in [1.82, 2.24) is 0 Å². The van der Waals surface area contributed by atoms with Gasteiger partial charge in [-0.05, 0) is 36.5 Å². The summed E-state index contributed by atoms with van der Waals surface area (Å²) >= 11 is 0. The minimum absolute atomic E-state index is 0. The van der Waals surface area contributed by atoms with E-state index < -0.39 is 12.1 Å². The van der Waals surface area contributed by atoms with E-state index >= 15 is 0 Å². The first-order valence-corrected chi connectivity index (χ1v) is 5.75. The summed E-state index contributed by atoms with van der Waals surface area (Å²) in [5, 5.41) is 9.96. The SMILES string of the molecule is COC(=O)c1cccc([C@H](N)[C@H](O)C2CC2)c1.Cl. The fourth-order valence-corrected chi connectivity index (χ4v) is 1.92. The number of halogens is 1. The van der Waals surface area contributed by atoms with Gasteiger partial charge in [-0.15, -0.1) is 12.4 Å². The van der Waals surface area contributed by atoms with Gasteiger partial charge in [-0.1, -0.05) is 12.1 Å². The van der Waals surface area contributed by atoms with E-state index in [1.165, 1.54) is 7.11 Å². The molecule has 2 rings (SSSR count). The predicted molar refractivity (Wildman–Crippen MR) is 70.7 cm³/mol. The molecule has 1 fully saturated rings. The van der Waals surface area contributed by atoms with Crippen LogP contribution in [0.4, 0.5) is 0 Å². The first-order valence-electron chi connectivity index (χ1n) is 5.75. The summed E-state index contributed by atoms with van der Waals surface area (Å²) in [6.07, 6.45) is 1.54. The van der Waals surface area contributed by atoms with Crippen LogP contribution in [-0.2, 0) is 4.74 Å². The lowest BCUT2D eigenvalue weighted by atomic mass is 9.97. The van der Waals surface area contributed by atoms with Gasteiger partial charge in [0.1, 0.15) is 0 Å². The molecule has 0 bridgehead atoms. The Bertz CT molecular complexity index is 420. The van der Waals surface area contributed by atoms with Crippen LogP contribution in [0.15, 0.2) is 24.3 Å². The van der Waals surface area contributed by atoms with Crippen LogP contribution in [0.2, 0.25) is 0 Å². The second-order valence-electron chi connectivity index (χ2n) is 4.47. The molecule has 1 aliphatic carbocycles. The number of methoxy groups -OCH3 is 1. The highest BCUT2D eigenvalue weighted by molar-refractivity contribution is 5.89. The summed E-state index contributed by atoms with van der Waals surface area (Å²) in [6, 6.07) is 6.49. The number of aliphatic hydroxyl groups excluding tert-OH is 1. The molecule has 5 heteroatoms. The molecule has 0 amide bonds. The number of carbonyl (C=O) groups is 1. The van der Waals surface area contributed by atoms with Crippen LogP contribution in [0.5, 0.6) is 0 Å². The monoisotopic (exact) mass is 271 g/mol. The first kappa shape index (κ1) is 15.0. The van der Waals surface area contributed by atoms with Crippen molar-refractivity contribution >= 4 is 18.4 Å². The van der Waals surface area contributed by atoms with Crippen LogP contribution in [0.25, 0.3) is 0 Å². The van der Waals surface area contributed by atoms with Gasteiger partial charge in [0, 0.05) is 0 Å². The fourth-order valence-electron chi connectivity index (χ4n) is 1.92. The molecule has 1 aromatic rings. The third kappa shape index (κ3) is 3.22. The second-order valence-corrected chi connectivity index (χ2v) is 4.47. The topological polar surface area (TPSA) is 72.5 Å². The summed E-state index contributed by atoms with van der Waals surface area (Å²) < 4.78 is 4.65. The van der Waals surface area contributed by atoms with Gasteiger partial charge in [-0.3, -0.25) is 0 Å². The van der Waals surface area contributed by atoms with Gasteiger partial charge in [0.2, 0.25) is 0 Å². The van der Waals surface area contributed by atoms with Crippen LogP contribution in [-0.4, -0.2) is 24.3 Å². The highest BCUT2D eigenvalue weighted by Gasteiger charge is 2.34. The summed E-state index contributed by atoms with van der Waals surface area (Å²) in [4.78, 5) is 11.4. The Hall–Kier alpha value is -1.10. The maximum atomic E-state index is 11.4. The maximum absolute atomic E-state index is 11.4. The van der Waals surface area contributed by atoms with Gasteiger partial charge < -0.3 is 15.6 Å². The molecule has 0 aromatic heterocycles. The van der Waals surface area contributed by atoms with Gasteiger partial charge in [0.05, 0.1) is 24.8 Å². The summed E-state index contributed by atoms with van der Waals surface area (Å²) in [7, 11) is 1.34. The third-order valence-electron chi connectivity index (χ3n) is 3.17. The number of benzene rings is 1. The van der Waals surface area contributed by atoms with Crippen LogP contribution < -0.4 is 5.73 Å². The molecule has 2 atom stereocenters. The van der Waals surface area contributed by atoms with Crippen LogP contribution in [0.3, 0.4) is 0 Å². The highest BCUT2D eigenvalue weighted by Crippen LogP contribution is 2.37. The molecular weight excluding hydrogens is 254 g/mol. The molecule has 0 heterocycles. The minimum Gasteiger partial charge on any atom is -0.465 e. The van der Waals surface area contributed by atoms with E-state index in [0.29, 0.717) is 11.5 Å². The zero-order valence-electron chi connectivity index (χ0n) is 10.2. The molecule has 1 aliphatic rings. The van der Waals surface area contributed by atoms with Crippen molar-refractivity contribution in [3.63, 3.8) is 0 Å². The van der Waals surface area contributed by atoms with E-state index in [2.05, 4.69) is 4.74 Å². The van der Waals surface area contributed by atoms with E-state index in [4.69, 9.17) is 5.73 Å². The largest absolute Gasteiger partial charge is 0.465 e. The molecule has 3 N–H and O–H groups in total. The van der Waals surface area contributed by atoms with Crippen LogP contribution in [0, 0.1) is 5.92 Å². The molecule has 0 aliphatic heterocycles. The van der Waals surface area contributed by atoms with E-state index in [1.54, 1.807) is 18.2 Å². The van der Waals surface area contributed by atoms with Crippen molar-refractivity contribution in [3.05, 3.63) is 35.4 Å². The van der Waals surface area contributed by atoms with Crippen molar-refractivity contribution in [1.29, 1.82) is 0 Å². The second kappa shape index (κ2) is 6.18. The zero-order valence-corrected chi connectivity index (χ0v) is 11.0. The first-order chi connectivity index (χ1) is 8.13. The normalized spacial score (nSPS) is 17.5. The molecule has 0 spiro atoms. The Balaban J connectivity index is 0.00000162. The number of nitrogens with two attached hydrogens (primary N) is 1. The van der Waals surface area contributed by atoms with Crippen molar-refractivity contribution in [2.75, 3.05) is 7.11 Å². The van der Waals surface area contributed by atoms with Crippen molar-refractivity contribution < 1.29 is 14.6 Å². The number of rotatable bonds is 4. The van der Waals surface area contributed by atoms with Crippen LogP contribution in [0.1, 0.15) is 34.8 Å². The van der Waals surface area contributed by atoms with Gasteiger partial charge in [0.15, 0.2) is 0 Å². The van der Waals surface area contributed by atoms with Gasteiger partial charge in [-0.25, -0.2) is 4.79 Å². The Morgan fingerprint density at radius 1 is 1.50 bits per heavy atom. The summed E-state index contributed by atoms with van der Waals surface area (Å²) in [6.45, 7) is 0. The highest BCUT2D eigenvalue weighted by atomic mass is 35.5. The molecular formula is C13H18ClNO3. The molecule has 100 valence electrons. The minimum atomic E-state index is -0.525. The predicted octanol–water partition coefficient (Wildman–Crippen LogP) is 1.67.